The van der Waals surface area contributed by atoms with Gasteiger partial charge in [-0.15, -0.1) is 11.3 Å². The number of thiophene rings is 1. The monoisotopic (exact) mass is 471 g/mol. The fourth-order valence-electron chi connectivity index (χ4n) is 4.40. The Balaban J connectivity index is 1.52. The van der Waals surface area contributed by atoms with Crippen LogP contribution in [0, 0.1) is 11.7 Å². The van der Waals surface area contributed by atoms with Gasteiger partial charge in [0.1, 0.15) is 22.8 Å². The lowest BCUT2D eigenvalue weighted by atomic mass is 9.98. The number of halogens is 1. The first-order valence-electron chi connectivity index (χ1n) is 11.0. The zero-order valence-corrected chi connectivity index (χ0v) is 19.8. The lowest BCUT2D eigenvalue weighted by Gasteiger charge is -2.36. The molecular formula is C24H26FN3O4S. The van der Waals surface area contributed by atoms with Gasteiger partial charge in [-0.25, -0.2) is 19.0 Å². The third-order valence-corrected chi connectivity index (χ3v) is 7.21. The van der Waals surface area contributed by atoms with Gasteiger partial charge in [0.2, 0.25) is 0 Å². The van der Waals surface area contributed by atoms with Crippen LogP contribution in [0.15, 0.2) is 18.2 Å². The summed E-state index contributed by atoms with van der Waals surface area (Å²) in [4.78, 5) is 36.7. The number of carbonyl (C=O) groups excluding carboxylic acids is 2. The number of benzene rings is 1. The van der Waals surface area contributed by atoms with Crippen molar-refractivity contribution >= 4 is 34.4 Å². The molecule has 3 aromatic rings. The number of fused-ring (bicyclic) bond motifs is 2. The Labute approximate surface area is 194 Å². The summed E-state index contributed by atoms with van der Waals surface area (Å²) in [5.74, 6) is -0.174. The fourth-order valence-corrected chi connectivity index (χ4v) is 5.76. The standard InChI is InChI=1S/C24H26FN3O4S/c1-24(2,3)32-23(30)28-8-7-13-9-17(33-20(13)19(28)12-5-6-12)21-26-16-11-14(25)10-15(18(16)27-21)22(29)31-4/h9-12,19H,5-8H2,1-4H3,(H,26,27). The quantitative estimate of drug-likeness (QED) is 0.513. The van der Waals surface area contributed by atoms with Crippen LogP contribution in [-0.4, -0.2) is 46.2 Å². The number of carbonyl (C=O) groups is 2. The number of aromatic amines is 1. The van der Waals surface area contributed by atoms with Gasteiger partial charge >= 0.3 is 12.1 Å². The average molecular weight is 472 g/mol. The summed E-state index contributed by atoms with van der Waals surface area (Å²) in [5, 5.41) is 0. The second kappa shape index (κ2) is 7.83. The van der Waals surface area contributed by atoms with E-state index in [-0.39, 0.29) is 17.7 Å². The van der Waals surface area contributed by atoms with Gasteiger partial charge in [0.15, 0.2) is 0 Å². The van der Waals surface area contributed by atoms with E-state index in [4.69, 9.17) is 9.47 Å². The van der Waals surface area contributed by atoms with Crippen LogP contribution in [0.5, 0.6) is 0 Å². The second-order valence-electron chi connectivity index (χ2n) is 9.63. The fraction of sp³-hybridized carbons (Fsp3) is 0.458. The molecule has 1 saturated carbocycles. The van der Waals surface area contributed by atoms with Crippen molar-refractivity contribution in [3.8, 4) is 10.7 Å². The third-order valence-electron chi connectivity index (χ3n) is 5.95. The van der Waals surface area contributed by atoms with Crippen LogP contribution in [0.2, 0.25) is 0 Å². The van der Waals surface area contributed by atoms with E-state index in [1.165, 1.54) is 18.7 Å². The van der Waals surface area contributed by atoms with Crippen LogP contribution >= 0.6 is 11.3 Å². The number of rotatable bonds is 3. The molecule has 33 heavy (non-hydrogen) atoms. The number of esters is 1. The van der Waals surface area contributed by atoms with Crippen molar-refractivity contribution in [1.29, 1.82) is 0 Å². The minimum atomic E-state index is -0.634. The Morgan fingerprint density at radius 1 is 1.24 bits per heavy atom. The lowest BCUT2D eigenvalue weighted by Crippen LogP contribution is -2.43. The smallest absolute Gasteiger partial charge is 0.410 e. The number of nitrogens with zero attached hydrogens (tertiary/aromatic N) is 2. The van der Waals surface area contributed by atoms with Gasteiger partial charge in [0, 0.05) is 11.4 Å². The number of hydrogen-bond acceptors (Lipinski definition) is 6. The van der Waals surface area contributed by atoms with Crippen molar-refractivity contribution in [2.24, 2.45) is 5.92 Å². The molecule has 1 aromatic carbocycles. The van der Waals surface area contributed by atoms with Gasteiger partial charge in [-0.1, -0.05) is 0 Å². The molecular weight excluding hydrogens is 445 g/mol. The third kappa shape index (κ3) is 4.10. The largest absolute Gasteiger partial charge is 0.465 e. The van der Waals surface area contributed by atoms with Gasteiger partial charge < -0.3 is 14.5 Å². The maximum atomic E-state index is 14.1. The Bertz CT molecular complexity index is 1250. The molecule has 0 radical (unpaired) electrons. The van der Waals surface area contributed by atoms with Gasteiger partial charge in [-0.3, -0.25) is 4.90 Å². The van der Waals surface area contributed by atoms with Gasteiger partial charge in [0.05, 0.1) is 29.1 Å². The number of hydrogen-bond donors (Lipinski definition) is 1. The van der Waals surface area contributed by atoms with Crippen molar-refractivity contribution < 1.29 is 23.5 Å². The summed E-state index contributed by atoms with van der Waals surface area (Å²) in [5.41, 5.74) is 1.55. The Morgan fingerprint density at radius 2 is 2.00 bits per heavy atom. The van der Waals surface area contributed by atoms with E-state index in [0.717, 1.165) is 35.1 Å². The normalized spacial score (nSPS) is 18.3. The SMILES string of the molecule is COC(=O)c1cc(F)cc2[nH]c(-c3cc4c(s3)C(C3CC3)N(C(=O)OC(C)(C)C)CC4)nc12. The van der Waals surface area contributed by atoms with Crippen LogP contribution in [0.1, 0.15) is 60.5 Å². The summed E-state index contributed by atoms with van der Waals surface area (Å²) in [6, 6.07) is 4.55. The lowest BCUT2D eigenvalue weighted by molar-refractivity contribution is 0.0121. The number of ether oxygens (including phenoxy) is 2. The number of aromatic nitrogens is 2. The van der Waals surface area contributed by atoms with Crippen molar-refractivity contribution in [1.82, 2.24) is 14.9 Å². The molecule has 174 valence electrons. The van der Waals surface area contributed by atoms with Crippen molar-refractivity contribution in [3.05, 3.63) is 40.0 Å². The molecule has 3 heterocycles. The van der Waals surface area contributed by atoms with E-state index in [9.17, 15) is 14.0 Å². The highest BCUT2D eigenvalue weighted by molar-refractivity contribution is 7.15. The summed E-state index contributed by atoms with van der Waals surface area (Å²) >= 11 is 1.59. The van der Waals surface area contributed by atoms with Crippen molar-refractivity contribution in [2.45, 2.75) is 51.7 Å². The predicted molar refractivity (Wildman–Crippen MR) is 123 cm³/mol. The van der Waals surface area contributed by atoms with E-state index in [2.05, 4.69) is 16.0 Å². The Kier molecular flexibility index (Phi) is 5.19. The maximum Gasteiger partial charge on any atom is 0.410 e. The summed E-state index contributed by atoms with van der Waals surface area (Å²) in [6.45, 7) is 6.24. The molecule has 1 aliphatic heterocycles. The molecule has 1 aliphatic carbocycles. The minimum Gasteiger partial charge on any atom is -0.465 e. The van der Waals surface area contributed by atoms with E-state index >= 15 is 0 Å². The zero-order valence-electron chi connectivity index (χ0n) is 19.0. The molecule has 5 rings (SSSR count). The second-order valence-corrected chi connectivity index (χ2v) is 10.7. The van der Waals surface area contributed by atoms with Crippen LogP contribution in [0.4, 0.5) is 9.18 Å². The van der Waals surface area contributed by atoms with Crippen LogP contribution in [0.3, 0.4) is 0 Å². The molecule has 1 N–H and O–H groups in total. The number of methoxy groups -OCH3 is 1. The number of nitrogens with one attached hydrogen (secondary N) is 1. The van der Waals surface area contributed by atoms with E-state index < -0.39 is 17.4 Å². The molecule has 0 spiro atoms. The predicted octanol–water partition coefficient (Wildman–Crippen LogP) is 5.46. The van der Waals surface area contributed by atoms with Gasteiger partial charge in [0.25, 0.3) is 0 Å². The average Bonchev–Trinajstić information content (AvgIpc) is 3.34. The van der Waals surface area contributed by atoms with Gasteiger partial charge in [-0.05, 0) is 69.7 Å². The molecule has 2 aliphatic rings. The molecule has 1 amide bonds. The van der Waals surface area contributed by atoms with Crippen molar-refractivity contribution in [2.75, 3.05) is 13.7 Å². The molecule has 9 heteroatoms. The number of H-pyrrole nitrogens is 1. The summed E-state index contributed by atoms with van der Waals surface area (Å²) in [7, 11) is 1.26. The molecule has 0 saturated heterocycles. The maximum absolute atomic E-state index is 14.1. The topological polar surface area (TPSA) is 84.5 Å². The van der Waals surface area contributed by atoms with E-state index in [1.807, 2.05) is 25.7 Å². The highest BCUT2D eigenvalue weighted by Gasteiger charge is 2.44. The molecule has 1 fully saturated rings. The molecule has 0 bridgehead atoms. The molecule has 1 atom stereocenters. The van der Waals surface area contributed by atoms with Crippen LogP contribution in [0.25, 0.3) is 21.7 Å². The highest BCUT2D eigenvalue weighted by Crippen LogP contribution is 2.51. The molecule has 7 nitrogen and oxygen atoms in total. The Hall–Kier alpha value is -2.94. The van der Waals surface area contributed by atoms with E-state index in [1.54, 1.807) is 11.3 Å². The summed E-state index contributed by atoms with van der Waals surface area (Å²) < 4.78 is 24.5. The Morgan fingerprint density at radius 3 is 2.67 bits per heavy atom. The first-order chi connectivity index (χ1) is 15.6. The highest BCUT2D eigenvalue weighted by atomic mass is 32.1. The first kappa shape index (κ1) is 21.9. The zero-order chi connectivity index (χ0) is 23.5. The van der Waals surface area contributed by atoms with Gasteiger partial charge in [-0.2, -0.15) is 0 Å². The van der Waals surface area contributed by atoms with Crippen LogP contribution < -0.4 is 0 Å². The molecule has 2 aromatic heterocycles. The van der Waals surface area contributed by atoms with Crippen LogP contribution in [-0.2, 0) is 15.9 Å². The summed E-state index contributed by atoms with van der Waals surface area (Å²) in [6.07, 6.45) is 2.63. The first-order valence-corrected chi connectivity index (χ1v) is 11.9. The minimum absolute atomic E-state index is 0.00481. The number of amides is 1. The number of imidazole rings is 1. The molecule has 1 unspecified atom stereocenters. The van der Waals surface area contributed by atoms with Crippen molar-refractivity contribution in [3.63, 3.8) is 0 Å². The van der Waals surface area contributed by atoms with E-state index in [0.29, 0.717) is 29.3 Å².